The lowest BCUT2D eigenvalue weighted by molar-refractivity contribution is -0.150. The molecular weight excluding hydrogens is 206 g/mol. The number of aryl methyl sites for hydroxylation is 2. The SMILES string of the molecule is Cc1ccc(CCNC(=O)C(=O)O)cc1C. The van der Waals surface area contributed by atoms with Gasteiger partial charge in [0.2, 0.25) is 0 Å². The lowest BCUT2D eigenvalue weighted by atomic mass is 10.0. The summed E-state index contributed by atoms with van der Waals surface area (Å²) in [5.74, 6) is -2.40. The molecule has 4 nitrogen and oxygen atoms in total. The molecule has 0 aliphatic rings. The zero-order valence-corrected chi connectivity index (χ0v) is 9.41. The second kappa shape index (κ2) is 5.30. The van der Waals surface area contributed by atoms with Crippen LogP contribution < -0.4 is 5.32 Å². The van der Waals surface area contributed by atoms with Crippen molar-refractivity contribution in [3.63, 3.8) is 0 Å². The summed E-state index contributed by atoms with van der Waals surface area (Å²) in [6, 6.07) is 6.04. The third-order valence-corrected chi connectivity index (χ3v) is 2.46. The van der Waals surface area contributed by atoms with Crippen LogP contribution in [0, 0.1) is 13.8 Å². The van der Waals surface area contributed by atoms with Crippen LogP contribution in [-0.4, -0.2) is 23.5 Å². The monoisotopic (exact) mass is 221 g/mol. The van der Waals surface area contributed by atoms with Crippen LogP contribution in [0.25, 0.3) is 0 Å². The fourth-order valence-electron chi connectivity index (χ4n) is 1.36. The Labute approximate surface area is 94.3 Å². The van der Waals surface area contributed by atoms with Crippen LogP contribution in [0.4, 0.5) is 0 Å². The van der Waals surface area contributed by atoms with E-state index in [2.05, 4.69) is 5.32 Å². The molecule has 0 aliphatic carbocycles. The Morgan fingerprint density at radius 2 is 1.94 bits per heavy atom. The molecule has 0 aliphatic heterocycles. The molecule has 4 heteroatoms. The van der Waals surface area contributed by atoms with E-state index in [0.29, 0.717) is 13.0 Å². The number of carbonyl (C=O) groups excluding carboxylic acids is 1. The van der Waals surface area contributed by atoms with Crippen LogP contribution in [0.5, 0.6) is 0 Å². The van der Waals surface area contributed by atoms with Crippen molar-refractivity contribution in [1.82, 2.24) is 5.32 Å². The topological polar surface area (TPSA) is 66.4 Å². The summed E-state index contributed by atoms with van der Waals surface area (Å²) in [6.45, 7) is 4.40. The number of carboxylic acid groups (broad SMARTS) is 1. The zero-order valence-electron chi connectivity index (χ0n) is 9.41. The molecule has 16 heavy (non-hydrogen) atoms. The predicted molar refractivity (Wildman–Crippen MR) is 60.3 cm³/mol. The summed E-state index contributed by atoms with van der Waals surface area (Å²) in [7, 11) is 0. The summed E-state index contributed by atoms with van der Waals surface area (Å²) in [5, 5.41) is 10.7. The number of hydrogen-bond donors (Lipinski definition) is 2. The number of nitrogens with one attached hydrogen (secondary N) is 1. The van der Waals surface area contributed by atoms with Crippen LogP contribution in [-0.2, 0) is 16.0 Å². The lowest BCUT2D eigenvalue weighted by Gasteiger charge is -2.05. The number of carboxylic acids is 1. The van der Waals surface area contributed by atoms with Crippen molar-refractivity contribution in [2.24, 2.45) is 0 Å². The average Bonchev–Trinajstić information content (AvgIpc) is 2.23. The summed E-state index contributed by atoms with van der Waals surface area (Å²) in [4.78, 5) is 21.0. The Morgan fingerprint density at radius 1 is 1.25 bits per heavy atom. The van der Waals surface area contributed by atoms with Crippen molar-refractivity contribution in [2.75, 3.05) is 6.54 Å². The van der Waals surface area contributed by atoms with Crippen LogP contribution in [0.3, 0.4) is 0 Å². The first-order chi connectivity index (χ1) is 7.50. The summed E-state index contributed by atoms with van der Waals surface area (Å²) in [6.07, 6.45) is 0.639. The number of amides is 1. The standard InChI is InChI=1S/C12H15NO3/c1-8-3-4-10(7-9(8)2)5-6-13-11(14)12(15)16/h3-4,7H,5-6H2,1-2H3,(H,13,14)(H,15,16). The van der Waals surface area contributed by atoms with Gasteiger partial charge in [-0.15, -0.1) is 0 Å². The molecule has 0 radical (unpaired) electrons. The zero-order chi connectivity index (χ0) is 12.1. The molecule has 0 saturated carbocycles. The number of aliphatic carboxylic acids is 1. The first kappa shape index (κ1) is 12.2. The van der Waals surface area contributed by atoms with Crippen molar-refractivity contribution in [3.8, 4) is 0 Å². The van der Waals surface area contributed by atoms with E-state index in [1.165, 1.54) is 11.1 Å². The fraction of sp³-hybridized carbons (Fsp3) is 0.333. The van der Waals surface area contributed by atoms with E-state index in [4.69, 9.17) is 5.11 Å². The highest BCUT2D eigenvalue weighted by Gasteiger charge is 2.09. The highest BCUT2D eigenvalue weighted by molar-refractivity contribution is 6.31. The molecule has 0 aromatic heterocycles. The molecule has 0 bridgehead atoms. The molecule has 1 amide bonds. The molecule has 0 unspecified atom stereocenters. The van der Waals surface area contributed by atoms with Gasteiger partial charge in [0.15, 0.2) is 0 Å². The number of hydrogen-bond acceptors (Lipinski definition) is 2. The molecule has 0 atom stereocenters. The predicted octanol–water partition coefficient (Wildman–Crippen LogP) is 1.05. The maximum absolute atomic E-state index is 10.7. The molecule has 86 valence electrons. The highest BCUT2D eigenvalue weighted by atomic mass is 16.4. The molecule has 1 rings (SSSR count). The Hall–Kier alpha value is -1.84. The summed E-state index contributed by atoms with van der Waals surface area (Å²) in [5.41, 5.74) is 3.51. The first-order valence-corrected chi connectivity index (χ1v) is 5.08. The molecular formula is C12H15NO3. The smallest absolute Gasteiger partial charge is 0.394 e. The molecule has 1 aromatic rings. The van der Waals surface area contributed by atoms with Crippen molar-refractivity contribution in [3.05, 3.63) is 34.9 Å². The van der Waals surface area contributed by atoms with E-state index in [1.54, 1.807) is 0 Å². The van der Waals surface area contributed by atoms with Gasteiger partial charge in [-0.1, -0.05) is 18.2 Å². The first-order valence-electron chi connectivity index (χ1n) is 5.08. The molecule has 1 aromatic carbocycles. The normalized spacial score (nSPS) is 9.88. The minimum Gasteiger partial charge on any atom is -0.474 e. The van der Waals surface area contributed by atoms with Gasteiger partial charge < -0.3 is 10.4 Å². The molecule has 0 saturated heterocycles. The second-order valence-electron chi connectivity index (χ2n) is 3.73. The van der Waals surface area contributed by atoms with Gasteiger partial charge in [-0.05, 0) is 37.0 Å². The third kappa shape index (κ3) is 3.38. The summed E-state index contributed by atoms with van der Waals surface area (Å²) < 4.78 is 0. The van der Waals surface area contributed by atoms with Crippen molar-refractivity contribution in [1.29, 1.82) is 0 Å². The van der Waals surface area contributed by atoms with Crippen LogP contribution in [0.2, 0.25) is 0 Å². The van der Waals surface area contributed by atoms with Crippen molar-refractivity contribution >= 4 is 11.9 Å². The van der Waals surface area contributed by atoms with Crippen LogP contribution in [0.15, 0.2) is 18.2 Å². The van der Waals surface area contributed by atoms with Gasteiger partial charge >= 0.3 is 11.9 Å². The maximum Gasteiger partial charge on any atom is 0.394 e. The number of benzene rings is 1. The largest absolute Gasteiger partial charge is 0.474 e. The maximum atomic E-state index is 10.7. The van der Waals surface area contributed by atoms with E-state index in [9.17, 15) is 9.59 Å². The van der Waals surface area contributed by atoms with E-state index < -0.39 is 11.9 Å². The van der Waals surface area contributed by atoms with E-state index in [0.717, 1.165) is 5.56 Å². The Morgan fingerprint density at radius 3 is 2.50 bits per heavy atom. The van der Waals surface area contributed by atoms with Gasteiger partial charge in [-0.3, -0.25) is 4.79 Å². The van der Waals surface area contributed by atoms with Gasteiger partial charge in [-0.2, -0.15) is 0 Å². The van der Waals surface area contributed by atoms with Crippen LogP contribution >= 0.6 is 0 Å². The lowest BCUT2D eigenvalue weighted by Crippen LogP contribution is -2.32. The molecule has 0 spiro atoms. The Kier molecular flexibility index (Phi) is 4.05. The van der Waals surface area contributed by atoms with Gasteiger partial charge in [0.1, 0.15) is 0 Å². The number of rotatable bonds is 3. The van der Waals surface area contributed by atoms with Gasteiger partial charge in [-0.25, -0.2) is 4.79 Å². The molecule has 0 heterocycles. The van der Waals surface area contributed by atoms with Gasteiger partial charge in [0.25, 0.3) is 0 Å². The average molecular weight is 221 g/mol. The second-order valence-corrected chi connectivity index (χ2v) is 3.73. The van der Waals surface area contributed by atoms with Gasteiger partial charge in [0, 0.05) is 6.54 Å². The van der Waals surface area contributed by atoms with Crippen molar-refractivity contribution in [2.45, 2.75) is 20.3 Å². The van der Waals surface area contributed by atoms with E-state index in [-0.39, 0.29) is 0 Å². The number of carbonyl (C=O) groups is 2. The Bertz CT molecular complexity index is 413. The Balaban J connectivity index is 2.46. The van der Waals surface area contributed by atoms with Gasteiger partial charge in [0.05, 0.1) is 0 Å². The fourth-order valence-corrected chi connectivity index (χ4v) is 1.36. The third-order valence-electron chi connectivity index (χ3n) is 2.46. The highest BCUT2D eigenvalue weighted by Crippen LogP contribution is 2.09. The van der Waals surface area contributed by atoms with E-state index in [1.807, 2.05) is 32.0 Å². The minimum atomic E-state index is -1.44. The minimum absolute atomic E-state index is 0.341. The molecule has 0 fully saturated rings. The quantitative estimate of drug-likeness (QED) is 0.750. The van der Waals surface area contributed by atoms with Crippen molar-refractivity contribution < 1.29 is 14.7 Å². The van der Waals surface area contributed by atoms with E-state index >= 15 is 0 Å². The molecule has 2 N–H and O–H groups in total. The summed E-state index contributed by atoms with van der Waals surface area (Å²) >= 11 is 0. The van der Waals surface area contributed by atoms with Crippen LogP contribution in [0.1, 0.15) is 16.7 Å².